The smallest absolute Gasteiger partial charge is 0.250 e. The van der Waals surface area contributed by atoms with Gasteiger partial charge in [0.1, 0.15) is 12.3 Å². The Morgan fingerprint density at radius 3 is 2.42 bits per heavy atom. The van der Waals surface area contributed by atoms with Crippen LogP contribution in [-0.2, 0) is 14.4 Å². The summed E-state index contributed by atoms with van der Waals surface area (Å²) in [5.74, 6) is -0.0918. The quantitative estimate of drug-likeness (QED) is 0.651. The number of hydrogen-bond acceptors (Lipinski definition) is 5. The van der Waals surface area contributed by atoms with Crippen LogP contribution in [0.25, 0.3) is 0 Å². The predicted octanol–water partition coefficient (Wildman–Crippen LogP) is 3.93. The summed E-state index contributed by atoms with van der Waals surface area (Å²) in [6.07, 6.45) is 4.14. The third kappa shape index (κ3) is 5.50. The summed E-state index contributed by atoms with van der Waals surface area (Å²) in [6.45, 7) is 3.68. The highest BCUT2D eigenvalue weighted by molar-refractivity contribution is 8.01. The Kier molecular flexibility index (Phi) is 7.54. The second kappa shape index (κ2) is 10.7. The standard InChI is InChI=1S/C25H29N3O4S/c1-2-32-19-13-11-18(12-14-19)26-22(29)17-28-20-9-5-6-10-21(20)33-23(25(28)31)24(30)27-15-7-3-4-8-16-27/h5-6,9-14,23H,2-4,7-8,15-17H2,1H3,(H,26,29)/t23-/m0/s1. The van der Waals surface area contributed by atoms with Crippen molar-refractivity contribution < 1.29 is 19.1 Å². The number of ether oxygens (including phenoxy) is 1. The van der Waals surface area contributed by atoms with Crippen molar-refractivity contribution in [1.29, 1.82) is 0 Å². The van der Waals surface area contributed by atoms with Crippen molar-refractivity contribution in [2.45, 2.75) is 42.8 Å². The van der Waals surface area contributed by atoms with Crippen LogP contribution in [0.4, 0.5) is 11.4 Å². The molecule has 1 N–H and O–H groups in total. The topological polar surface area (TPSA) is 79.0 Å². The van der Waals surface area contributed by atoms with Gasteiger partial charge in [0.05, 0.1) is 12.3 Å². The van der Waals surface area contributed by atoms with Crippen LogP contribution in [0.2, 0.25) is 0 Å². The highest BCUT2D eigenvalue weighted by Crippen LogP contribution is 2.39. The summed E-state index contributed by atoms with van der Waals surface area (Å²) >= 11 is 1.29. The summed E-state index contributed by atoms with van der Waals surface area (Å²) in [4.78, 5) is 43.6. The Morgan fingerprint density at radius 1 is 1.03 bits per heavy atom. The molecule has 0 radical (unpaired) electrons. The summed E-state index contributed by atoms with van der Waals surface area (Å²) in [5, 5.41) is 1.97. The average Bonchev–Trinajstić information content (AvgIpc) is 3.11. The second-order valence-corrected chi connectivity index (χ2v) is 9.28. The van der Waals surface area contributed by atoms with Crippen LogP contribution >= 0.6 is 11.8 Å². The minimum Gasteiger partial charge on any atom is -0.494 e. The van der Waals surface area contributed by atoms with Crippen LogP contribution in [-0.4, -0.2) is 54.1 Å². The van der Waals surface area contributed by atoms with Crippen LogP contribution in [0.5, 0.6) is 5.75 Å². The van der Waals surface area contributed by atoms with Crippen LogP contribution < -0.4 is 15.0 Å². The van der Waals surface area contributed by atoms with Crippen molar-refractivity contribution in [2.75, 3.05) is 36.5 Å². The number of thioether (sulfide) groups is 1. The van der Waals surface area contributed by atoms with Gasteiger partial charge in [0.2, 0.25) is 11.8 Å². The lowest BCUT2D eigenvalue weighted by molar-refractivity contribution is -0.135. The molecule has 2 aromatic rings. The first-order chi connectivity index (χ1) is 16.1. The van der Waals surface area contributed by atoms with E-state index in [0.29, 0.717) is 31.1 Å². The molecule has 33 heavy (non-hydrogen) atoms. The molecule has 2 heterocycles. The SMILES string of the molecule is CCOc1ccc(NC(=O)CN2C(=O)[C@H](C(=O)N3CCCCCC3)Sc3ccccc32)cc1. The Bertz CT molecular complexity index is 1000. The van der Waals surface area contributed by atoms with Crippen molar-refractivity contribution >= 4 is 40.9 Å². The molecule has 0 unspecified atom stereocenters. The number of fused-ring (bicyclic) bond motifs is 1. The number of rotatable bonds is 6. The molecule has 0 aromatic heterocycles. The number of nitrogens with zero attached hydrogens (tertiary/aromatic N) is 2. The van der Waals surface area contributed by atoms with Gasteiger partial charge in [-0.3, -0.25) is 14.4 Å². The fourth-order valence-electron chi connectivity index (χ4n) is 4.14. The van der Waals surface area contributed by atoms with E-state index in [-0.39, 0.29) is 24.3 Å². The summed E-state index contributed by atoms with van der Waals surface area (Å²) in [6, 6.07) is 14.5. The van der Waals surface area contributed by atoms with Crippen LogP contribution in [0.1, 0.15) is 32.6 Å². The van der Waals surface area contributed by atoms with E-state index in [0.717, 1.165) is 36.3 Å². The Labute approximate surface area is 198 Å². The zero-order valence-electron chi connectivity index (χ0n) is 18.8. The summed E-state index contributed by atoms with van der Waals surface area (Å²) in [5.41, 5.74) is 1.28. The predicted molar refractivity (Wildman–Crippen MR) is 130 cm³/mol. The Hall–Kier alpha value is -3.00. The molecule has 8 heteroatoms. The zero-order valence-corrected chi connectivity index (χ0v) is 19.6. The molecule has 4 rings (SSSR count). The van der Waals surface area contributed by atoms with Crippen LogP contribution in [0.3, 0.4) is 0 Å². The van der Waals surface area contributed by atoms with Gasteiger partial charge < -0.3 is 19.9 Å². The maximum Gasteiger partial charge on any atom is 0.250 e. The number of benzene rings is 2. The van der Waals surface area contributed by atoms with Crippen molar-refractivity contribution in [2.24, 2.45) is 0 Å². The highest BCUT2D eigenvalue weighted by Gasteiger charge is 2.40. The maximum atomic E-state index is 13.4. The van der Waals surface area contributed by atoms with Gasteiger partial charge >= 0.3 is 0 Å². The van der Waals surface area contributed by atoms with Gasteiger partial charge in [-0.15, -0.1) is 11.8 Å². The van der Waals surface area contributed by atoms with Gasteiger partial charge in [0.15, 0.2) is 5.25 Å². The molecule has 1 fully saturated rings. The molecular formula is C25H29N3O4S. The minimum atomic E-state index is -0.865. The molecule has 2 aliphatic heterocycles. The third-order valence-electron chi connectivity index (χ3n) is 5.78. The van der Waals surface area contributed by atoms with E-state index < -0.39 is 5.25 Å². The average molecular weight is 468 g/mol. The first-order valence-corrected chi connectivity index (χ1v) is 12.3. The van der Waals surface area contributed by atoms with Crippen molar-refractivity contribution in [3.05, 3.63) is 48.5 Å². The fourth-order valence-corrected chi connectivity index (χ4v) is 5.33. The molecule has 7 nitrogen and oxygen atoms in total. The molecular weight excluding hydrogens is 438 g/mol. The largest absolute Gasteiger partial charge is 0.494 e. The number of nitrogens with one attached hydrogen (secondary N) is 1. The van der Waals surface area contributed by atoms with E-state index in [4.69, 9.17) is 4.74 Å². The maximum absolute atomic E-state index is 13.4. The van der Waals surface area contributed by atoms with E-state index in [1.54, 1.807) is 24.3 Å². The number of likely N-dealkylation sites (tertiary alicyclic amines) is 1. The van der Waals surface area contributed by atoms with Gasteiger partial charge in [-0.2, -0.15) is 0 Å². The number of hydrogen-bond donors (Lipinski definition) is 1. The lowest BCUT2D eigenvalue weighted by Gasteiger charge is -2.34. The molecule has 1 saturated heterocycles. The van der Waals surface area contributed by atoms with Gasteiger partial charge in [0.25, 0.3) is 5.91 Å². The molecule has 0 spiro atoms. The van der Waals surface area contributed by atoms with Gasteiger partial charge in [-0.05, 0) is 56.2 Å². The lowest BCUT2D eigenvalue weighted by atomic mass is 10.2. The number of amides is 3. The fraction of sp³-hybridized carbons (Fsp3) is 0.400. The lowest BCUT2D eigenvalue weighted by Crippen LogP contribution is -2.51. The van der Waals surface area contributed by atoms with Crippen LogP contribution in [0, 0.1) is 0 Å². The molecule has 1 atom stereocenters. The third-order valence-corrected chi connectivity index (χ3v) is 7.02. The van der Waals surface area contributed by atoms with E-state index >= 15 is 0 Å². The molecule has 2 aliphatic rings. The van der Waals surface area contributed by atoms with Gasteiger partial charge in [-0.25, -0.2) is 0 Å². The van der Waals surface area contributed by atoms with Crippen molar-refractivity contribution in [1.82, 2.24) is 4.90 Å². The van der Waals surface area contributed by atoms with Crippen molar-refractivity contribution in [3.63, 3.8) is 0 Å². The molecule has 0 bridgehead atoms. The Balaban J connectivity index is 1.50. The molecule has 3 amide bonds. The first kappa shape index (κ1) is 23.2. The minimum absolute atomic E-state index is 0.154. The monoisotopic (exact) mass is 467 g/mol. The van der Waals surface area contributed by atoms with Gasteiger partial charge in [-0.1, -0.05) is 25.0 Å². The molecule has 2 aromatic carbocycles. The highest BCUT2D eigenvalue weighted by atomic mass is 32.2. The number of anilines is 2. The number of carbonyl (C=O) groups excluding carboxylic acids is 3. The number of para-hydroxylation sites is 1. The molecule has 0 saturated carbocycles. The number of carbonyl (C=O) groups is 3. The zero-order chi connectivity index (χ0) is 23.2. The normalized spacial score (nSPS) is 18.3. The first-order valence-electron chi connectivity index (χ1n) is 11.5. The second-order valence-electron chi connectivity index (χ2n) is 8.14. The van der Waals surface area contributed by atoms with E-state index in [9.17, 15) is 14.4 Å². The van der Waals surface area contributed by atoms with E-state index in [2.05, 4.69) is 5.32 Å². The molecule has 174 valence electrons. The molecule has 0 aliphatic carbocycles. The van der Waals surface area contributed by atoms with Gasteiger partial charge in [0, 0.05) is 23.7 Å². The summed E-state index contributed by atoms with van der Waals surface area (Å²) < 4.78 is 5.43. The Morgan fingerprint density at radius 2 is 1.73 bits per heavy atom. The van der Waals surface area contributed by atoms with E-state index in [1.165, 1.54) is 16.7 Å². The summed E-state index contributed by atoms with van der Waals surface area (Å²) in [7, 11) is 0. The van der Waals surface area contributed by atoms with Crippen LogP contribution in [0.15, 0.2) is 53.4 Å². The van der Waals surface area contributed by atoms with E-state index in [1.807, 2.05) is 36.1 Å². The van der Waals surface area contributed by atoms with Crippen molar-refractivity contribution in [3.8, 4) is 5.75 Å².